The van der Waals surface area contributed by atoms with E-state index in [1.165, 1.54) is 6.07 Å². The van der Waals surface area contributed by atoms with Gasteiger partial charge in [0.15, 0.2) is 11.6 Å². The molecule has 4 heterocycles. The van der Waals surface area contributed by atoms with Gasteiger partial charge in [-0.05, 0) is 65.4 Å². The minimum atomic E-state index is -1.03. The molecule has 0 amide bonds. The Morgan fingerprint density at radius 1 is 1.04 bits per heavy atom. The molecule has 0 radical (unpaired) electrons. The number of nitrogens with one attached hydrogen (secondary N) is 1. The van der Waals surface area contributed by atoms with Crippen molar-refractivity contribution in [3.05, 3.63) is 59.2 Å². The Morgan fingerprint density at radius 2 is 1.78 bits per heavy atom. The predicted octanol–water partition coefficient (Wildman–Crippen LogP) is 7.42. The van der Waals surface area contributed by atoms with E-state index in [0.29, 0.717) is 35.9 Å². The van der Waals surface area contributed by atoms with Crippen LogP contribution in [0.15, 0.2) is 30.5 Å². The van der Waals surface area contributed by atoms with Crippen molar-refractivity contribution in [3.8, 4) is 11.3 Å². The first-order chi connectivity index (χ1) is 21.7. The Hall–Kier alpha value is -3.15. The maximum atomic E-state index is 15.1. The quantitative estimate of drug-likeness (QED) is 0.159. The van der Waals surface area contributed by atoms with Crippen LogP contribution in [0.5, 0.6) is 0 Å². The molecular weight excluding hydrogens is 597 g/mol. The number of nitrogens with zero attached hydrogens (tertiary/aromatic N) is 7. The lowest BCUT2D eigenvalue weighted by Crippen LogP contribution is -2.36. The molecule has 1 aromatic carbocycles. The third-order valence-corrected chi connectivity index (χ3v) is 9.04. The number of aryl methyl sites for hydroxylation is 1. The molecule has 5 rings (SSSR count). The van der Waals surface area contributed by atoms with Gasteiger partial charge in [-0.1, -0.05) is 19.9 Å². The van der Waals surface area contributed by atoms with Crippen LogP contribution in [0.4, 0.5) is 20.5 Å². The van der Waals surface area contributed by atoms with Gasteiger partial charge in [0.2, 0.25) is 5.95 Å². The summed E-state index contributed by atoms with van der Waals surface area (Å²) in [5.41, 5.74) is 3.34. The van der Waals surface area contributed by atoms with Crippen molar-refractivity contribution in [2.75, 3.05) is 45.2 Å². The summed E-state index contributed by atoms with van der Waals surface area (Å²) in [6.45, 7) is 18.4. The molecule has 0 fully saturated rings. The van der Waals surface area contributed by atoms with Crippen LogP contribution < -0.4 is 5.32 Å². The number of aromatic nitrogens is 5. The topological polar surface area (TPSA) is 93.5 Å². The molecule has 0 saturated carbocycles. The zero-order valence-electron chi connectivity index (χ0n) is 27.6. The van der Waals surface area contributed by atoms with E-state index >= 15 is 4.39 Å². The standard InChI is InChI=1S/C30H39F2N8O2P.C2H6/c1-7-41-43(42-8-2)38(6)13-14-39-12-11-25-21(18-39)9-10-27(35-25)36-30-33-17-24(32)28(37-30)22-15-23(31)29-26(16-22)40(19(3)4)20(5)34-29;1-2/h9-10,15-17,19H,7-8,11-14,18H2,1-6H3,(H,33,35,36,37);1-2H3. The van der Waals surface area contributed by atoms with Gasteiger partial charge in [0.1, 0.15) is 22.9 Å². The molecule has 0 saturated heterocycles. The van der Waals surface area contributed by atoms with Gasteiger partial charge in [-0.15, -0.1) is 0 Å². The van der Waals surface area contributed by atoms with Gasteiger partial charge in [-0.2, -0.15) is 0 Å². The fraction of sp³-hybridized carbons (Fsp3) is 0.500. The molecule has 0 unspecified atom stereocenters. The van der Waals surface area contributed by atoms with E-state index in [0.717, 1.165) is 50.1 Å². The van der Waals surface area contributed by atoms with Crippen molar-refractivity contribution in [2.45, 2.75) is 67.5 Å². The number of rotatable bonds is 12. The largest absolute Gasteiger partial charge is 0.326 e. The lowest BCUT2D eigenvalue weighted by Gasteiger charge is -2.31. The lowest BCUT2D eigenvalue weighted by atomic mass is 10.1. The normalized spacial score (nSPS) is 13.4. The molecule has 10 nitrogen and oxygen atoms in total. The molecule has 4 aromatic rings. The first kappa shape index (κ1) is 34.7. The minimum Gasteiger partial charge on any atom is -0.326 e. The summed E-state index contributed by atoms with van der Waals surface area (Å²) in [4.78, 5) is 20.1. The van der Waals surface area contributed by atoms with Gasteiger partial charge in [-0.3, -0.25) is 4.90 Å². The molecule has 0 spiro atoms. The van der Waals surface area contributed by atoms with Crippen LogP contribution in [0, 0.1) is 18.6 Å². The van der Waals surface area contributed by atoms with Crippen LogP contribution in [0.1, 0.15) is 64.7 Å². The Labute approximate surface area is 266 Å². The van der Waals surface area contributed by atoms with Crippen LogP contribution in [0.25, 0.3) is 22.3 Å². The van der Waals surface area contributed by atoms with Crippen molar-refractivity contribution in [1.29, 1.82) is 0 Å². The zero-order valence-corrected chi connectivity index (χ0v) is 28.5. The highest BCUT2D eigenvalue weighted by Gasteiger charge is 2.22. The Morgan fingerprint density at radius 3 is 2.47 bits per heavy atom. The highest BCUT2D eigenvalue weighted by atomic mass is 31.2. The Kier molecular flexibility index (Phi) is 12.3. The van der Waals surface area contributed by atoms with E-state index in [1.807, 2.05) is 66.1 Å². The highest BCUT2D eigenvalue weighted by Crippen LogP contribution is 2.41. The molecule has 0 bridgehead atoms. The van der Waals surface area contributed by atoms with Crippen LogP contribution >= 0.6 is 8.53 Å². The van der Waals surface area contributed by atoms with E-state index in [2.05, 4.69) is 35.9 Å². The van der Waals surface area contributed by atoms with E-state index in [-0.39, 0.29) is 23.2 Å². The molecule has 0 aliphatic carbocycles. The summed E-state index contributed by atoms with van der Waals surface area (Å²) < 4.78 is 45.6. The van der Waals surface area contributed by atoms with Crippen LogP contribution in [-0.4, -0.2) is 74.0 Å². The number of likely N-dealkylation sites (N-methyl/N-ethyl adjacent to an activating group) is 1. The van der Waals surface area contributed by atoms with Gasteiger partial charge in [-0.25, -0.2) is 33.4 Å². The lowest BCUT2D eigenvalue weighted by molar-refractivity contribution is 0.203. The molecule has 45 heavy (non-hydrogen) atoms. The van der Waals surface area contributed by atoms with Crippen molar-refractivity contribution in [1.82, 2.24) is 34.1 Å². The number of pyridine rings is 1. The number of anilines is 2. The van der Waals surface area contributed by atoms with E-state index in [1.54, 1.807) is 6.07 Å². The smallest absolute Gasteiger partial charge is 0.258 e. The number of fused-ring (bicyclic) bond motifs is 2. The van der Waals surface area contributed by atoms with E-state index in [4.69, 9.17) is 14.0 Å². The SMILES string of the molecule is CC.CCOP(OCC)N(C)CCN1CCc2nc(Nc3ncc(F)c(-c4cc(F)c5nc(C)n(C(C)C)c5c4)n3)ccc2C1. The molecule has 13 heteroatoms. The van der Waals surface area contributed by atoms with Crippen molar-refractivity contribution in [2.24, 2.45) is 0 Å². The second kappa shape index (κ2) is 15.9. The van der Waals surface area contributed by atoms with Crippen molar-refractivity contribution >= 4 is 31.3 Å². The monoisotopic (exact) mass is 642 g/mol. The first-order valence-corrected chi connectivity index (χ1v) is 16.8. The van der Waals surface area contributed by atoms with Gasteiger partial charge in [0, 0.05) is 49.9 Å². The van der Waals surface area contributed by atoms with E-state index < -0.39 is 20.2 Å². The second-order valence-electron chi connectivity index (χ2n) is 10.7. The summed E-state index contributed by atoms with van der Waals surface area (Å²) in [6, 6.07) is 6.98. The average Bonchev–Trinajstić information content (AvgIpc) is 3.38. The third kappa shape index (κ3) is 8.17. The number of benzene rings is 1. The molecule has 3 aromatic heterocycles. The fourth-order valence-electron chi connectivity index (χ4n) is 5.36. The minimum absolute atomic E-state index is 0.00312. The predicted molar refractivity (Wildman–Crippen MR) is 176 cm³/mol. The number of hydrogen-bond acceptors (Lipinski definition) is 9. The summed E-state index contributed by atoms with van der Waals surface area (Å²) in [7, 11) is 1.00. The van der Waals surface area contributed by atoms with Crippen molar-refractivity contribution in [3.63, 3.8) is 0 Å². The molecule has 1 aliphatic rings. The molecule has 0 atom stereocenters. The van der Waals surface area contributed by atoms with Crippen molar-refractivity contribution < 1.29 is 17.8 Å². The highest BCUT2D eigenvalue weighted by molar-refractivity contribution is 7.44. The van der Waals surface area contributed by atoms with Gasteiger partial charge < -0.3 is 18.9 Å². The number of hydrogen-bond donors (Lipinski definition) is 1. The van der Waals surface area contributed by atoms with Crippen LogP contribution in [0.2, 0.25) is 0 Å². The van der Waals surface area contributed by atoms with Gasteiger partial charge in [0.25, 0.3) is 8.53 Å². The molecule has 244 valence electrons. The maximum absolute atomic E-state index is 15.1. The average molecular weight is 643 g/mol. The summed E-state index contributed by atoms with van der Waals surface area (Å²) >= 11 is 0. The van der Waals surface area contributed by atoms with Crippen LogP contribution in [-0.2, 0) is 22.0 Å². The molecule has 1 N–H and O–H groups in total. The zero-order chi connectivity index (χ0) is 32.7. The number of halogens is 2. The van der Waals surface area contributed by atoms with Gasteiger partial charge in [0.05, 0.1) is 24.9 Å². The van der Waals surface area contributed by atoms with Crippen LogP contribution in [0.3, 0.4) is 0 Å². The Balaban J connectivity index is 0.00000226. The summed E-state index contributed by atoms with van der Waals surface area (Å²) in [5.74, 6) is 0.273. The summed E-state index contributed by atoms with van der Waals surface area (Å²) in [5, 5.41) is 3.11. The summed E-state index contributed by atoms with van der Waals surface area (Å²) in [6.07, 6.45) is 1.89. The maximum Gasteiger partial charge on any atom is 0.258 e. The van der Waals surface area contributed by atoms with Gasteiger partial charge >= 0.3 is 0 Å². The molecule has 1 aliphatic heterocycles. The van der Waals surface area contributed by atoms with E-state index in [9.17, 15) is 4.39 Å². The first-order valence-electron chi connectivity index (χ1n) is 15.6. The fourth-order valence-corrected chi connectivity index (χ4v) is 6.52. The number of imidazole rings is 1. The Bertz CT molecular complexity index is 1580. The second-order valence-corrected chi connectivity index (χ2v) is 12.4. The molecular formula is C32H45F2N8O2P. The third-order valence-electron chi connectivity index (χ3n) is 7.32.